The standard InChI is InChI=1S/C11H16N2O2S/c1-11(2)7-13(16(3,14)15)10-6-8(12)4-5-9(10)11/h4-6H,7,12H2,1-3H3. The molecule has 0 atom stereocenters. The van der Waals surface area contributed by atoms with Gasteiger partial charge in [0.15, 0.2) is 0 Å². The molecule has 0 saturated carbocycles. The van der Waals surface area contributed by atoms with Crippen molar-refractivity contribution in [3.8, 4) is 0 Å². The Kier molecular flexibility index (Phi) is 2.21. The Morgan fingerprint density at radius 3 is 2.56 bits per heavy atom. The molecule has 4 nitrogen and oxygen atoms in total. The number of hydrogen-bond acceptors (Lipinski definition) is 3. The molecule has 0 aromatic heterocycles. The van der Waals surface area contributed by atoms with Gasteiger partial charge in [-0.2, -0.15) is 0 Å². The lowest BCUT2D eigenvalue weighted by atomic mass is 9.87. The van der Waals surface area contributed by atoms with Crippen LogP contribution in [0.3, 0.4) is 0 Å². The highest BCUT2D eigenvalue weighted by molar-refractivity contribution is 7.92. The van der Waals surface area contributed by atoms with Gasteiger partial charge in [0, 0.05) is 17.6 Å². The van der Waals surface area contributed by atoms with Crippen molar-refractivity contribution in [3.63, 3.8) is 0 Å². The zero-order valence-corrected chi connectivity index (χ0v) is 10.5. The molecule has 1 aromatic carbocycles. The third-order valence-corrected chi connectivity index (χ3v) is 4.09. The molecule has 88 valence electrons. The Morgan fingerprint density at radius 2 is 2.00 bits per heavy atom. The van der Waals surface area contributed by atoms with Crippen molar-refractivity contribution in [1.29, 1.82) is 0 Å². The first-order chi connectivity index (χ1) is 7.22. The van der Waals surface area contributed by atoms with Gasteiger partial charge in [-0.1, -0.05) is 19.9 Å². The van der Waals surface area contributed by atoms with Gasteiger partial charge < -0.3 is 5.73 Å². The van der Waals surface area contributed by atoms with E-state index in [1.165, 1.54) is 10.6 Å². The molecule has 1 aromatic rings. The van der Waals surface area contributed by atoms with Crippen molar-refractivity contribution in [2.75, 3.05) is 22.8 Å². The van der Waals surface area contributed by atoms with Gasteiger partial charge in [-0.25, -0.2) is 8.42 Å². The summed E-state index contributed by atoms with van der Waals surface area (Å²) in [5, 5.41) is 0. The zero-order valence-electron chi connectivity index (χ0n) is 9.69. The van der Waals surface area contributed by atoms with E-state index in [4.69, 9.17) is 5.73 Å². The zero-order chi connectivity index (χ0) is 12.1. The molecule has 0 unspecified atom stereocenters. The van der Waals surface area contributed by atoms with Gasteiger partial charge in [0.2, 0.25) is 10.0 Å². The summed E-state index contributed by atoms with van der Waals surface area (Å²) in [6.07, 6.45) is 1.22. The van der Waals surface area contributed by atoms with Crippen LogP contribution < -0.4 is 10.0 Å². The summed E-state index contributed by atoms with van der Waals surface area (Å²) in [4.78, 5) is 0. The first-order valence-corrected chi connectivity index (χ1v) is 6.94. The van der Waals surface area contributed by atoms with Crippen molar-refractivity contribution in [2.45, 2.75) is 19.3 Å². The highest BCUT2D eigenvalue weighted by Crippen LogP contribution is 2.42. The van der Waals surface area contributed by atoms with Crippen LogP contribution in [0.1, 0.15) is 19.4 Å². The summed E-state index contributed by atoms with van der Waals surface area (Å²) in [6, 6.07) is 5.45. The molecule has 1 aliphatic heterocycles. The molecular formula is C11H16N2O2S. The third-order valence-electron chi connectivity index (χ3n) is 2.96. The van der Waals surface area contributed by atoms with Crippen LogP contribution >= 0.6 is 0 Å². The molecule has 0 amide bonds. The number of nitrogen functional groups attached to an aromatic ring is 1. The average molecular weight is 240 g/mol. The van der Waals surface area contributed by atoms with Crippen LogP contribution in [0.25, 0.3) is 0 Å². The minimum absolute atomic E-state index is 0.161. The largest absolute Gasteiger partial charge is 0.399 e. The van der Waals surface area contributed by atoms with E-state index in [0.717, 1.165) is 5.56 Å². The molecule has 1 heterocycles. The van der Waals surface area contributed by atoms with E-state index in [-0.39, 0.29) is 5.41 Å². The number of sulfonamides is 1. The maximum absolute atomic E-state index is 11.7. The van der Waals surface area contributed by atoms with Gasteiger partial charge in [-0.15, -0.1) is 0 Å². The van der Waals surface area contributed by atoms with E-state index in [9.17, 15) is 8.42 Å². The molecule has 5 heteroatoms. The summed E-state index contributed by atoms with van der Waals surface area (Å²) in [5.41, 5.74) is 7.88. The molecule has 0 saturated heterocycles. The monoisotopic (exact) mass is 240 g/mol. The number of rotatable bonds is 1. The maximum Gasteiger partial charge on any atom is 0.232 e. The van der Waals surface area contributed by atoms with Crippen LogP contribution in [0.5, 0.6) is 0 Å². The molecule has 0 radical (unpaired) electrons. The minimum Gasteiger partial charge on any atom is -0.399 e. The summed E-state index contributed by atoms with van der Waals surface area (Å²) in [5.74, 6) is 0. The highest BCUT2D eigenvalue weighted by Gasteiger charge is 2.38. The van der Waals surface area contributed by atoms with Crippen LogP contribution in [0.4, 0.5) is 11.4 Å². The Hall–Kier alpha value is -1.23. The minimum atomic E-state index is -3.23. The summed E-state index contributed by atoms with van der Waals surface area (Å²) in [7, 11) is -3.23. The second kappa shape index (κ2) is 3.13. The summed E-state index contributed by atoms with van der Waals surface area (Å²) < 4.78 is 24.8. The van der Waals surface area contributed by atoms with Gasteiger partial charge in [-0.05, 0) is 17.7 Å². The second-order valence-corrected chi connectivity index (χ2v) is 6.84. The predicted molar refractivity (Wildman–Crippen MR) is 66.1 cm³/mol. The van der Waals surface area contributed by atoms with Gasteiger partial charge >= 0.3 is 0 Å². The molecule has 16 heavy (non-hydrogen) atoms. The van der Waals surface area contributed by atoms with E-state index in [0.29, 0.717) is 17.9 Å². The van der Waals surface area contributed by atoms with E-state index >= 15 is 0 Å². The number of nitrogens with zero attached hydrogens (tertiary/aromatic N) is 1. The maximum atomic E-state index is 11.7. The van der Waals surface area contributed by atoms with Gasteiger partial charge in [0.1, 0.15) is 0 Å². The first kappa shape index (κ1) is 11.3. The molecule has 2 rings (SSSR count). The normalized spacial score (nSPS) is 18.6. The van der Waals surface area contributed by atoms with E-state index in [1.54, 1.807) is 6.07 Å². The molecular weight excluding hydrogens is 224 g/mol. The van der Waals surface area contributed by atoms with Gasteiger partial charge in [0.25, 0.3) is 0 Å². The molecule has 2 N–H and O–H groups in total. The Balaban J connectivity index is 2.66. The van der Waals surface area contributed by atoms with Crippen LogP contribution in [0.2, 0.25) is 0 Å². The topological polar surface area (TPSA) is 63.4 Å². The van der Waals surface area contributed by atoms with Gasteiger partial charge in [0.05, 0.1) is 11.9 Å². The van der Waals surface area contributed by atoms with Crippen molar-refractivity contribution < 1.29 is 8.42 Å². The number of anilines is 2. The molecule has 0 bridgehead atoms. The van der Waals surface area contributed by atoms with Crippen molar-refractivity contribution >= 4 is 21.4 Å². The van der Waals surface area contributed by atoms with Gasteiger partial charge in [-0.3, -0.25) is 4.31 Å². The molecule has 0 fully saturated rings. The van der Waals surface area contributed by atoms with E-state index in [1.807, 2.05) is 26.0 Å². The highest BCUT2D eigenvalue weighted by atomic mass is 32.2. The summed E-state index contributed by atoms with van der Waals surface area (Å²) >= 11 is 0. The van der Waals surface area contributed by atoms with Crippen molar-refractivity contribution in [1.82, 2.24) is 0 Å². The van der Waals surface area contributed by atoms with E-state index < -0.39 is 10.0 Å². The van der Waals surface area contributed by atoms with Crippen LogP contribution in [0, 0.1) is 0 Å². The smallest absolute Gasteiger partial charge is 0.232 e. The lowest BCUT2D eigenvalue weighted by molar-refractivity contribution is 0.557. The fourth-order valence-electron chi connectivity index (χ4n) is 2.15. The predicted octanol–water partition coefficient (Wildman–Crippen LogP) is 1.33. The number of benzene rings is 1. The quantitative estimate of drug-likeness (QED) is 0.753. The number of fused-ring (bicyclic) bond motifs is 1. The fraction of sp³-hybridized carbons (Fsp3) is 0.455. The molecule has 0 aliphatic carbocycles. The van der Waals surface area contributed by atoms with E-state index in [2.05, 4.69) is 0 Å². The van der Waals surface area contributed by atoms with Crippen LogP contribution in [-0.2, 0) is 15.4 Å². The number of hydrogen-bond donors (Lipinski definition) is 1. The summed E-state index contributed by atoms with van der Waals surface area (Å²) in [6.45, 7) is 4.55. The van der Waals surface area contributed by atoms with Crippen molar-refractivity contribution in [3.05, 3.63) is 23.8 Å². The van der Waals surface area contributed by atoms with Crippen molar-refractivity contribution in [2.24, 2.45) is 0 Å². The Bertz CT molecular complexity index is 535. The SMILES string of the molecule is CC1(C)CN(S(C)(=O)=O)c2cc(N)ccc21. The lowest BCUT2D eigenvalue weighted by Crippen LogP contribution is -2.33. The molecule has 1 aliphatic rings. The average Bonchev–Trinajstić information content (AvgIpc) is 2.37. The number of nitrogens with two attached hydrogens (primary N) is 1. The Labute approximate surface area is 96.1 Å². The molecule has 0 spiro atoms. The lowest BCUT2D eigenvalue weighted by Gasteiger charge is -2.20. The Morgan fingerprint density at radius 1 is 1.38 bits per heavy atom. The third kappa shape index (κ3) is 1.65. The van der Waals surface area contributed by atoms with Crippen LogP contribution in [0.15, 0.2) is 18.2 Å². The second-order valence-electron chi connectivity index (χ2n) is 4.93. The van der Waals surface area contributed by atoms with Crippen LogP contribution in [-0.4, -0.2) is 21.2 Å². The first-order valence-electron chi connectivity index (χ1n) is 5.09. The fourth-order valence-corrected chi connectivity index (χ4v) is 3.22.